The fraction of sp³-hybridized carbons (Fsp3) is 0.200. The van der Waals surface area contributed by atoms with Crippen molar-refractivity contribution in [2.24, 2.45) is 0 Å². The fourth-order valence-corrected chi connectivity index (χ4v) is 4.05. The lowest BCUT2D eigenvalue weighted by molar-refractivity contribution is 0.102. The number of hydrogen-bond donors (Lipinski definition) is 1. The molecule has 0 aliphatic heterocycles. The largest absolute Gasteiger partial charge is 0.494 e. The number of ether oxygens (including phenoxy) is 1. The minimum Gasteiger partial charge on any atom is -0.494 e. The monoisotopic (exact) mass is 416 g/mol. The first-order valence-corrected chi connectivity index (χ1v) is 11.1. The Labute approximate surface area is 180 Å². The normalized spacial score (nSPS) is 10.8. The molecule has 0 saturated heterocycles. The van der Waals surface area contributed by atoms with Gasteiger partial charge in [-0.25, -0.2) is 4.98 Å². The second-order valence-corrected chi connectivity index (χ2v) is 7.96. The molecule has 0 atom stereocenters. The van der Waals surface area contributed by atoms with Crippen LogP contribution in [0.15, 0.2) is 72.1 Å². The van der Waals surface area contributed by atoms with Gasteiger partial charge in [-0.1, -0.05) is 68.3 Å². The number of rotatable bonds is 8. The van der Waals surface area contributed by atoms with Crippen molar-refractivity contribution in [3.8, 4) is 17.0 Å². The number of benzene rings is 3. The molecule has 0 bridgehead atoms. The van der Waals surface area contributed by atoms with E-state index in [2.05, 4.69) is 41.5 Å². The molecule has 0 aliphatic rings. The average Bonchev–Trinajstić information content (AvgIpc) is 3.25. The predicted molar refractivity (Wildman–Crippen MR) is 124 cm³/mol. The maximum atomic E-state index is 12.7. The molecule has 0 radical (unpaired) electrons. The summed E-state index contributed by atoms with van der Waals surface area (Å²) >= 11 is 1.43. The summed E-state index contributed by atoms with van der Waals surface area (Å²) in [7, 11) is 0. The smallest absolute Gasteiger partial charge is 0.257 e. The third kappa shape index (κ3) is 4.69. The molecule has 0 fully saturated rings. The van der Waals surface area contributed by atoms with Crippen molar-refractivity contribution in [2.45, 2.75) is 26.2 Å². The zero-order valence-electron chi connectivity index (χ0n) is 16.9. The molecule has 0 aliphatic carbocycles. The van der Waals surface area contributed by atoms with E-state index in [0.717, 1.165) is 35.9 Å². The van der Waals surface area contributed by atoms with E-state index in [1.54, 1.807) is 12.1 Å². The first-order valence-electron chi connectivity index (χ1n) is 10.2. The van der Waals surface area contributed by atoms with E-state index in [0.29, 0.717) is 23.1 Å². The number of hydrogen-bond acceptors (Lipinski definition) is 4. The van der Waals surface area contributed by atoms with Gasteiger partial charge in [-0.2, -0.15) is 0 Å². The number of nitrogens with zero attached hydrogens (tertiary/aromatic N) is 1. The zero-order chi connectivity index (χ0) is 20.8. The van der Waals surface area contributed by atoms with Crippen LogP contribution in [0.5, 0.6) is 5.75 Å². The van der Waals surface area contributed by atoms with Gasteiger partial charge in [-0.05, 0) is 35.4 Å². The Balaban J connectivity index is 1.47. The minimum absolute atomic E-state index is 0.187. The van der Waals surface area contributed by atoms with Crippen molar-refractivity contribution in [1.29, 1.82) is 0 Å². The van der Waals surface area contributed by atoms with Crippen LogP contribution in [0, 0.1) is 0 Å². The molecule has 1 heterocycles. The van der Waals surface area contributed by atoms with E-state index in [1.807, 2.05) is 35.7 Å². The Hall–Kier alpha value is -3.18. The molecule has 4 rings (SSSR count). The highest BCUT2D eigenvalue weighted by molar-refractivity contribution is 7.14. The number of unbranched alkanes of at least 4 members (excludes halogenated alkanes) is 2. The predicted octanol–water partition coefficient (Wildman–Crippen LogP) is 6.78. The second kappa shape index (κ2) is 9.55. The van der Waals surface area contributed by atoms with E-state index in [1.165, 1.54) is 16.7 Å². The lowest BCUT2D eigenvalue weighted by Gasteiger charge is -2.07. The Bertz CT molecular complexity index is 1150. The standard InChI is InChI=1S/C25H24N2O2S/c1-2-3-6-15-29-20-12-7-11-19(16-20)24(28)27-25-26-23(17-30-25)22-14-8-10-18-9-4-5-13-21(18)22/h4-5,7-14,16-17H,2-3,6,15H2,1H3,(H,26,27,28). The van der Waals surface area contributed by atoms with Crippen LogP contribution < -0.4 is 10.1 Å². The molecule has 1 N–H and O–H groups in total. The van der Waals surface area contributed by atoms with Gasteiger partial charge in [0.25, 0.3) is 5.91 Å². The van der Waals surface area contributed by atoms with Crippen molar-refractivity contribution < 1.29 is 9.53 Å². The fourth-order valence-electron chi connectivity index (χ4n) is 3.34. The van der Waals surface area contributed by atoms with Crippen LogP contribution in [0.25, 0.3) is 22.0 Å². The lowest BCUT2D eigenvalue weighted by atomic mass is 10.0. The Morgan fingerprint density at radius 1 is 1.03 bits per heavy atom. The van der Waals surface area contributed by atoms with Gasteiger partial charge in [-0.15, -0.1) is 11.3 Å². The van der Waals surface area contributed by atoms with Gasteiger partial charge in [0.05, 0.1) is 12.3 Å². The van der Waals surface area contributed by atoms with Crippen LogP contribution in [0.4, 0.5) is 5.13 Å². The van der Waals surface area contributed by atoms with Crippen molar-refractivity contribution in [2.75, 3.05) is 11.9 Å². The maximum Gasteiger partial charge on any atom is 0.257 e. The zero-order valence-corrected chi connectivity index (χ0v) is 17.7. The number of carbonyl (C=O) groups is 1. The highest BCUT2D eigenvalue weighted by atomic mass is 32.1. The number of nitrogens with one attached hydrogen (secondary N) is 1. The van der Waals surface area contributed by atoms with Crippen molar-refractivity contribution in [3.63, 3.8) is 0 Å². The van der Waals surface area contributed by atoms with Gasteiger partial charge in [0, 0.05) is 16.5 Å². The number of fused-ring (bicyclic) bond motifs is 1. The van der Waals surface area contributed by atoms with Gasteiger partial charge in [0.1, 0.15) is 5.75 Å². The molecule has 0 spiro atoms. The topological polar surface area (TPSA) is 51.2 Å². The van der Waals surface area contributed by atoms with Crippen LogP contribution in [0.1, 0.15) is 36.5 Å². The quantitative estimate of drug-likeness (QED) is 0.322. The van der Waals surface area contributed by atoms with Crippen LogP contribution >= 0.6 is 11.3 Å². The van der Waals surface area contributed by atoms with Crippen molar-refractivity contribution >= 4 is 33.1 Å². The lowest BCUT2D eigenvalue weighted by Crippen LogP contribution is -2.12. The van der Waals surface area contributed by atoms with Gasteiger partial charge >= 0.3 is 0 Å². The summed E-state index contributed by atoms with van der Waals surface area (Å²) in [5.74, 6) is 0.530. The van der Waals surface area contributed by atoms with Crippen molar-refractivity contribution in [3.05, 3.63) is 77.7 Å². The first kappa shape index (κ1) is 20.1. The van der Waals surface area contributed by atoms with Gasteiger partial charge in [0.15, 0.2) is 5.13 Å². The molecular weight excluding hydrogens is 392 g/mol. The maximum absolute atomic E-state index is 12.7. The highest BCUT2D eigenvalue weighted by Crippen LogP contribution is 2.31. The molecular formula is C25H24N2O2S. The summed E-state index contributed by atoms with van der Waals surface area (Å²) < 4.78 is 5.76. The molecule has 30 heavy (non-hydrogen) atoms. The number of thiazole rings is 1. The average molecular weight is 417 g/mol. The van der Waals surface area contributed by atoms with Gasteiger partial charge in [0.2, 0.25) is 0 Å². The molecule has 3 aromatic carbocycles. The molecule has 152 valence electrons. The minimum atomic E-state index is -0.187. The summed E-state index contributed by atoms with van der Waals surface area (Å²) in [6.07, 6.45) is 3.31. The molecule has 0 saturated carbocycles. The van der Waals surface area contributed by atoms with Crippen LogP contribution in [-0.4, -0.2) is 17.5 Å². The van der Waals surface area contributed by atoms with Crippen molar-refractivity contribution in [1.82, 2.24) is 4.98 Å². The van der Waals surface area contributed by atoms with E-state index in [4.69, 9.17) is 4.74 Å². The Morgan fingerprint density at radius 3 is 2.77 bits per heavy atom. The molecule has 4 aromatic rings. The summed E-state index contributed by atoms with van der Waals surface area (Å²) in [6, 6.07) is 21.7. The molecule has 1 amide bonds. The second-order valence-electron chi connectivity index (χ2n) is 7.10. The van der Waals surface area contributed by atoms with E-state index < -0.39 is 0 Å². The Morgan fingerprint density at radius 2 is 1.87 bits per heavy atom. The Kier molecular flexibility index (Phi) is 6.40. The number of anilines is 1. The van der Waals surface area contributed by atoms with Crippen LogP contribution in [0.2, 0.25) is 0 Å². The summed E-state index contributed by atoms with van der Waals surface area (Å²) in [6.45, 7) is 2.83. The van der Waals surface area contributed by atoms with E-state index >= 15 is 0 Å². The highest BCUT2D eigenvalue weighted by Gasteiger charge is 2.12. The number of amides is 1. The van der Waals surface area contributed by atoms with Gasteiger partial charge < -0.3 is 4.74 Å². The summed E-state index contributed by atoms with van der Waals surface area (Å²) in [4.78, 5) is 17.3. The molecule has 0 unspecified atom stereocenters. The SMILES string of the molecule is CCCCCOc1cccc(C(=O)Nc2nc(-c3cccc4ccccc34)cs2)c1. The first-order chi connectivity index (χ1) is 14.7. The number of aromatic nitrogens is 1. The third-order valence-corrected chi connectivity index (χ3v) is 5.66. The van der Waals surface area contributed by atoms with Crippen LogP contribution in [-0.2, 0) is 0 Å². The van der Waals surface area contributed by atoms with E-state index in [9.17, 15) is 4.79 Å². The van der Waals surface area contributed by atoms with E-state index in [-0.39, 0.29) is 5.91 Å². The molecule has 4 nitrogen and oxygen atoms in total. The molecule has 5 heteroatoms. The third-order valence-electron chi connectivity index (χ3n) is 4.90. The van der Waals surface area contributed by atoms with Gasteiger partial charge in [-0.3, -0.25) is 10.1 Å². The van der Waals surface area contributed by atoms with Crippen LogP contribution in [0.3, 0.4) is 0 Å². The summed E-state index contributed by atoms with van der Waals surface area (Å²) in [5.41, 5.74) is 2.48. The molecule has 1 aromatic heterocycles. The number of carbonyl (C=O) groups excluding carboxylic acids is 1. The summed E-state index contributed by atoms with van der Waals surface area (Å²) in [5, 5.41) is 7.79.